The molecule has 3 nitrogen and oxygen atoms in total. The molecular formula is C13H12ClNO2S. The second-order valence-corrected chi connectivity index (χ2v) is 4.86. The SMILES string of the molecule is COC(=O)c1cc(NCc2ccsc2)ccc1Cl. The molecule has 0 aliphatic rings. The van der Waals surface area contributed by atoms with Crippen molar-refractivity contribution in [3.63, 3.8) is 0 Å². The maximum absolute atomic E-state index is 11.5. The highest BCUT2D eigenvalue weighted by atomic mass is 35.5. The smallest absolute Gasteiger partial charge is 0.339 e. The van der Waals surface area contributed by atoms with E-state index in [4.69, 9.17) is 11.6 Å². The van der Waals surface area contributed by atoms with Gasteiger partial charge in [0.05, 0.1) is 17.7 Å². The van der Waals surface area contributed by atoms with E-state index in [1.165, 1.54) is 12.7 Å². The summed E-state index contributed by atoms with van der Waals surface area (Å²) in [5, 5.41) is 7.73. The summed E-state index contributed by atoms with van der Waals surface area (Å²) >= 11 is 7.60. The van der Waals surface area contributed by atoms with E-state index >= 15 is 0 Å². The highest BCUT2D eigenvalue weighted by Gasteiger charge is 2.11. The number of carbonyl (C=O) groups excluding carboxylic acids is 1. The minimum Gasteiger partial charge on any atom is -0.465 e. The second-order valence-electron chi connectivity index (χ2n) is 3.67. The van der Waals surface area contributed by atoms with Crippen LogP contribution in [0.5, 0.6) is 0 Å². The van der Waals surface area contributed by atoms with E-state index in [1.54, 1.807) is 23.5 Å². The van der Waals surface area contributed by atoms with Crippen LogP contribution in [0.1, 0.15) is 15.9 Å². The largest absolute Gasteiger partial charge is 0.465 e. The van der Waals surface area contributed by atoms with Crippen LogP contribution in [0.3, 0.4) is 0 Å². The fraction of sp³-hybridized carbons (Fsp3) is 0.154. The lowest BCUT2D eigenvalue weighted by Crippen LogP contribution is -2.04. The van der Waals surface area contributed by atoms with E-state index in [1.807, 2.05) is 11.4 Å². The van der Waals surface area contributed by atoms with Gasteiger partial charge in [0.15, 0.2) is 0 Å². The summed E-state index contributed by atoms with van der Waals surface area (Å²) in [4.78, 5) is 11.5. The molecule has 2 rings (SSSR count). The van der Waals surface area contributed by atoms with Crippen molar-refractivity contribution < 1.29 is 9.53 Å². The minimum atomic E-state index is -0.431. The third-order valence-electron chi connectivity index (χ3n) is 2.45. The molecule has 0 saturated heterocycles. The Bertz CT molecular complexity index is 540. The van der Waals surface area contributed by atoms with Crippen LogP contribution in [0.2, 0.25) is 5.02 Å². The molecule has 0 bridgehead atoms. The number of benzene rings is 1. The number of methoxy groups -OCH3 is 1. The molecule has 1 heterocycles. The molecule has 18 heavy (non-hydrogen) atoms. The average Bonchev–Trinajstić information content (AvgIpc) is 2.90. The molecule has 0 fully saturated rings. The molecule has 0 spiro atoms. The van der Waals surface area contributed by atoms with Gasteiger partial charge in [-0.2, -0.15) is 11.3 Å². The summed E-state index contributed by atoms with van der Waals surface area (Å²) in [6.07, 6.45) is 0. The van der Waals surface area contributed by atoms with Gasteiger partial charge in [-0.1, -0.05) is 11.6 Å². The number of carbonyl (C=O) groups is 1. The Morgan fingerprint density at radius 2 is 2.28 bits per heavy atom. The van der Waals surface area contributed by atoms with E-state index < -0.39 is 5.97 Å². The Labute approximate surface area is 114 Å². The number of anilines is 1. The molecule has 0 aliphatic carbocycles. The van der Waals surface area contributed by atoms with Crippen LogP contribution in [0.15, 0.2) is 35.0 Å². The van der Waals surface area contributed by atoms with Gasteiger partial charge in [0.2, 0.25) is 0 Å². The number of hydrogen-bond acceptors (Lipinski definition) is 4. The Morgan fingerprint density at radius 3 is 2.94 bits per heavy atom. The molecule has 94 valence electrons. The highest BCUT2D eigenvalue weighted by Crippen LogP contribution is 2.22. The zero-order chi connectivity index (χ0) is 13.0. The number of halogens is 1. The van der Waals surface area contributed by atoms with Crippen LogP contribution < -0.4 is 5.32 Å². The van der Waals surface area contributed by atoms with Crippen molar-refractivity contribution in [3.8, 4) is 0 Å². The van der Waals surface area contributed by atoms with Crippen molar-refractivity contribution in [1.29, 1.82) is 0 Å². The lowest BCUT2D eigenvalue weighted by molar-refractivity contribution is 0.0601. The third kappa shape index (κ3) is 3.03. The van der Waals surface area contributed by atoms with Gasteiger partial charge in [0.1, 0.15) is 0 Å². The van der Waals surface area contributed by atoms with Crippen molar-refractivity contribution in [1.82, 2.24) is 0 Å². The van der Waals surface area contributed by atoms with Crippen LogP contribution in [0.4, 0.5) is 5.69 Å². The van der Waals surface area contributed by atoms with E-state index in [0.717, 1.165) is 5.69 Å². The standard InChI is InChI=1S/C13H12ClNO2S/c1-17-13(16)11-6-10(2-3-12(11)14)15-7-9-4-5-18-8-9/h2-6,8,15H,7H2,1H3. The Morgan fingerprint density at radius 1 is 1.44 bits per heavy atom. The lowest BCUT2D eigenvalue weighted by atomic mass is 10.2. The Kier molecular flexibility index (Phi) is 4.23. The van der Waals surface area contributed by atoms with E-state index in [-0.39, 0.29) is 0 Å². The first-order valence-electron chi connectivity index (χ1n) is 5.33. The van der Waals surface area contributed by atoms with E-state index in [9.17, 15) is 4.79 Å². The lowest BCUT2D eigenvalue weighted by Gasteiger charge is -2.08. The molecule has 1 aromatic carbocycles. The molecule has 0 saturated carbocycles. The summed E-state index contributed by atoms with van der Waals surface area (Å²) in [7, 11) is 1.34. The molecule has 2 aromatic rings. The molecule has 5 heteroatoms. The van der Waals surface area contributed by atoms with Gasteiger partial charge in [0, 0.05) is 12.2 Å². The van der Waals surface area contributed by atoms with Crippen molar-refractivity contribution in [3.05, 3.63) is 51.2 Å². The van der Waals surface area contributed by atoms with Crippen LogP contribution in [0, 0.1) is 0 Å². The molecule has 1 aromatic heterocycles. The van der Waals surface area contributed by atoms with Gasteiger partial charge in [-0.3, -0.25) is 0 Å². The second kappa shape index (κ2) is 5.89. The van der Waals surface area contributed by atoms with Gasteiger partial charge in [-0.05, 0) is 40.6 Å². The first kappa shape index (κ1) is 12.9. The topological polar surface area (TPSA) is 38.3 Å². The average molecular weight is 282 g/mol. The van der Waals surface area contributed by atoms with E-state index in [0.29, 0.717) is 17.1 Å². The fourth-order valence-electron chi connectivity index (χ4n) is 1.50. The van der Waals surface area contributed by atoms with E-state index in [2.05, 4.69) is 21.5 Å². The number of rotatable bonds is 4. The first-order valence-corrected chi connectivity index (χ1v) is 6.65. The quantitative estimate of drug-likeness (QED) is 0.866. The molecule has 0 unspecified atom stereocenters. The van der Waals surface area contributed by atoms with Crippen molar-refractivity contribution in [2.75, 3.05) is 12.4 Å². The summed E-state index contributed by atoms with van der Waals surface area (Å²) in [6, 6.07) is 7.26. The van der Waals surface area contributed by atoms with Gasteiger partial charge < -0.3 is 10.1 Å². The highest BCUT2D eigenvalue weighted by molar-refractivity contribution is 7.07. The number of esters is 1. The minimum absolute atomic E-state index is 0.370. The third-order valence-corrected chi connectivity index (χ3v) is 3.51. The monoisotopic (exact) mass is 281 g/mol. The zero-order valence-electron chi connectivity index (χ0n) is 9.77. The van der Waals surface area contributed by atoms with Gasteiger partial charge in [0.25, 0.3) is 0 Å². The van der Waals surface area contributed by atoms with Crippen LogP contribution in [0.25, 0.3) is 0 Å². The number of ether oxygens (including phenoxy) is 1. The molecule has 1 N–H and O–H groups in total. The molecule has 0 radical (unpaired) electrons. The van der Waals surface area contributed by atoms with Crippen molar-refractivity contribution >= 4 is 34.6 Å². The Hall–Kier alpha value is -1.52. The summed E-state index contributed by atoms with van der Waals surface area (Å²) in [6.45, 7) is 0.714. The predicted octanol–water partition coefficient (Wildman–Crippen LogP) is 3.80. The van der Waals surface area contributed by atoms with Crippen LogP contribution in [-0.4, -0.2) is 13.1 Å². The molecule has 0 atom stereocenters. The number of hydrogen-bond donors (Lipinski definition) is 1. The van der Waals surface area contributed by atoms with Crippen LogP contribution >= 0.6 is 22.9 Å². The summed E-state index contributed by atoms with van der Waals surface area (Å²) < 4.78 is 4.67. The normalized spacial score (nSPS) is 10.1. The first-order chi connectivity index (χ1) is 8.70. The molecule has 0 amide bonds. The molecule has 0 aliphatic heterocycles. The number of nitrogens with one attached hydrogen (secondary N) is 1. The van der Waals surface area contributed by atoms with Crippen molar-refractivity contribution in [2.45, 2.75) is 6.54 Å². The zero-order valence-corrected chi connectivity index (χ0v) is 11.3. The van der Waals surface area contributed by atoms with Gasteiger partial charge in [-0.25, -0.2) is 4.79 Å². The number of thiophene rings is 1. The predicted molar refractivity (Wildman–Crippen MR) is 74.4 cm³/mol. The van der Waals surface area contributed by atoms with Gasteiger partial charge in [-0.15, -0.1) is 0 Å². The maximum atomic E-state index is 11.5. The maximum Gasteiger partial charge on any atom is 0.339 e. The summed E-state index contributed by atoms with van der Waals surface area (Å²) in [5.74, 6) is -0.431. The Balaban J connectivity index is 2.12. The van der Waals surface area contributed by atoms with Crippen LogP contribution in [-0.2, 0) is 11.3 Å². The van der Waals surface area contributed by atoms with Gasteiger partial charge >= 0.3 is 5.97 Å². The van der Waals surface area contributed by atoms with Crippen molar-refractivity contribution in [2.24, 2.45) is 0 Å². The fourth-order valence-corrected chi connectivity index (χ4v) is 2.36. The molecular weight excluding hydrogens is 270 g/mol. The summed E-state index contributed by atoms with van der Waals surface area (Å²) in [5.41, 5.74) is 2.41.